The van der Waals surface area contributed by atoms with Crippen molar-refractivity contribution in [1.29, 1.82) is 0 Å². The third kappa shape index (κ3) is 2.67. The molecule has 3 nitrogen and oxygen atoms in total. The summed E-state index contributed by atoms with van der Waals surface area (Å²) in [7, 11) is 0. The molecule has 0 atom stereocenters. The molecule has 13 heavy (non-hydrogen) atoms. The highest BCUT2D eigenvalue weighted by Gasteiger charge is 2.03. The van der Waals surface area contributed by atoms with Crippen LogP contribution < -0.4 is 11.1 Å². The Morgan fingerprint density at radius 3 is 2.92 bits per heavy atom. The molecule has 0 aromatic heterocycles. The van der Waals surface area contributed by atoms with Gasteiger partial charge in [-0.3, -0.25) is 4.79 Å². The summed E-state index contributed by atoms with van der Waals surface area (Å²) < 4.78 is 1.13. The molecule has 1 aromatic rings. The Hall–Kier alpha value is -0.620. The lowest BCUT2D eigenvalue weighted by atomic mass is 10.2. The molecule has 0 bridgehead atoms. The van der Waals surface area contributed by atoms with Crippen LogP contribution in [0.5, 0.6) is 0 Å². The van der Waals surface area contributed by atoms with Crippen molar-refractivity contribution in [3.05, 3.63) is 27.3 Å². The fourth-order valence-electron chi connectivity index (χ4n) is 0.944. The van der Waals surface area contributed by atoms with Gasteiger partial charge in [0, 0.05) is 9.26 Å². The second kappa shape index (κ2) is 4.57. The van der Waals surface area contributed by atoms with Crippen LogP contribution in [0, 0.1) is 10.5 Å². The smallest absolute Gasteiger partial charge is 0.238 e. The Morgan fingerprint density at radius 1 is 1.62 bits per heavy atom. The summed E-state index contributed by atoms with van der Waals surface area (Å²) in [6.07, 6.45) is 0. The third-order valence-corrected chi connectivity index (χ3v) is 2.90. The summed E-state index contributed by atoms with van der Waals surface area (Å²) in [5.74, 6) is -0.162. The molecule has 1 amide bonds. The van der Waals surface area contributed by atoms with E-state index in [1.54, 1.807) is 0 Å². The first-order chi connectivity index (χ1) is 6.15. The fraction of sp³-hybridized carbons (Fsp3) is 0.222. The largest absolute Gasteiger partial charge is 0.325 e. The highest BCUT2D eigenvalue weighted by Crippen LogP contribution is 2.19. The molecular formula is C9H11IN2O. The zero-order valence-electron chi connectivity index (χ0n) is 7.30. The fourth-order valence-corrected chi connectivity index (χ4v) is 1.44. The van der Waals surface area contributed by atoms with E-state index in [1.165, 1.54) is 0 Å². The molecule has 1 aromatic carbocycles. The third-order valence-electron chi connectivity index (χ3n) is 1.73. The summed E-state index contributed by atoms with van der Waals surface area (Å²) in [4.78, 5) is 11.0. The number of carbonyl (C=O) groups excluding carboxylic acids is 1. The molecule has 0 radical (unpaired) electrons. The Kier molecular flexibility index (Phi) is 3.68. The minimum atomic E-state index is -0.162. The first-order valence-electron chi connectivity index (χ1n) is 3.90. The van der Waals surface area contributed by atoms with E-state index in [9.17, 15) is 4.79 Å². The lowest BCUT2D eigenvalue weighted by molar-refractivity contribution is -0.114. The minimum Gasteiger partial charge on any atom is -0.325 e. The van der Waals surface area contributed by atoms with Crippen molar-refractivity contribution in [2.45, 2.75) is 6.92 Å². The average molecular weight is 290 g/mol. The van der Waals surface area contributed by atoms with Crippen LogP contribution in [0.4, 0.5) is 5.69 Å². The van der Waals surface area contributed by atoms with E-state index in [1.807, 2.05) is 25.1 Å². The maximum Gasteiger partial charge on any atom is 0.238 e. The van der Waals surface area contributed by atoms with Crippen LogP contribution >= 0.6 is 22.6 Å². The van der Waals surface area contributed by atoms with Crippen molar-refractivity contribution in [2.24, 2.45) is 5.73 Å². The molecule has 0 aliphatic heterocycles. The molecule has 0 spiro atoms. The molecule has 1 rings (SSSR count). The quantitative estimate of drug-likeness (QED) is 0.811. The van der Waals surface area contributed by atoms with Crippen molar-refractivity contribution < 1.29 is 4.79 Å². The van der Waals surface area contributed by atoms with Crippen molar-refractivity contribution in [3.63, 3.8) is 0 Å². The first kappa shape index (κ1) is 10.5. The number of carbonyl (C=O) groups is 1. The minimum absolute atomic E-state index is 0.0188. The molecular weight excluding hydrogens is 279 g/mol. The van der Waals surface area contributed by atoms with E-state index < -0.39 is 0 Å². The monoisotopic (exact) mass is 290 g/mol. The van der Waals surface area contributed by atoms with E-state index in [4.69, 9.17) is 5.73 Å². The number of anilines is 1. The van der Waals surface area contributed by atoms with Crippen molar-refractivity contribution in [1.82, 2.24) is 0 Å². The molecule has 0 fully saturated rings. The van der Waals surface area contributed by atoms with Gasteiger partial charge in [0.25, 0.3) is 0 Å². The number of nitrogens with two attached hydrogens (primary N) is 1. The van der Waals surface area contributed by atoms with E-state index in [0.29, 0.717) is 0 Å². The second-order valence-corrected chi connectivity index (χ2v) is 3.83. The lowest BCUT2D eigenvalue weighted by Crippen LogP contribution is -2.22. The molecule has 0 unspecified atom stereocenters. The van der Waals surface area contributed by atoms with Crippen LogP contribution in [-0.4, -0.2) is 12.5 Å². The maximum atomic E-state index is 11.0. The van der Waals surface area contributed by atoms with E-state index in [-0.39, 0.29) is 12.5 Å². The van der Waals surface area contributed by atoms with Crippen LogP contribution in [0.3, 0.4) is 0 Å². The SMILES string of the molecule is Cc1c(I)cccc1NC(=O)CN. The van der Waals surface area contributed by atoms with Crippen LogP contribution in [0.25, 0.3) is 0 Å². The van der Waals surface area contributed by atoms with Gasteiger partial charge in [0.05, 0.1) is 6.54 Å². The van der Waals surface area contributed by atoms with Crippen LogP contribution in [-0.2, 0) is 4.79 Å². The van der Waals surface area contributed by atoms with Gasteiger partial charge < -0.3 is 11.1 Å². The zero-order valence-corrected chi connectivity index (χ0v) is 9.46. The van der Waals surface area contributed by atoms with Crippen molar-refractivity contribution in [2.75, 3.05) is 11.9 Å². The molecule has 0 heterocycles. The first-order valence-corrected chi connectivity index (χ1v) is 4.98. The van der Waals surface area contributed by atoms with Gasteiger partial charge in [-0.05, 0) is 47.2 Å². The van der Waals surface area contributed by atoms with Gasteiger partial charge in [-0.2, -0.15) is 0 Å². The maximum absolute atomic E-state index is 11.0. The highest BCUT2D eigenvalue weighted by molar-refractivity contribution is 14.1. The molecule has 0 saturated carbocycles. The van der Waals surface area contributed by atoms with Crippen LogP contribution in [0.2, 0.25) is 0 Å². The van der Waals surface area contributed by atoms with Gasteiger partial charge in [-0.25, -0.2) is 0 Å². The van der Waals surface area contributed by atoms with E-state index >= 15 is 0 Å². The molecule has 0 saturated heterocycles. The number of nitrogens with one attached hydrogen (secondary N) is 1. The van der Waals surface area contributed by atoms with E-state index in [0.717, 1.165) is 14.8 Å². The summed E-state index contributed by atoms with van der Waals surface area (Å²) in [6.45, 7) is 1.98. The van der Waals surface area contributed by atoms with Gasteiger partial charge in [0.15, 0.2) is 0 Å². The molecule has 0 aliphatic rings. The molecule has 70 valence electrons. The summed E-state index contributed by atoms with van der Waals surface area (Å²) >= 11 is 2.23. The zero-order chi connectivity index (χ0) is 9.84. The Labute approximate surface area is 90.8 Å². The second-order valence-electron chi connectivity index (χ2n) is 2.66. The number of hydrogen-bond acceptors (Lipinski definition) is 2. The Morgan fingerprint density at radius 2 is 2.31 bits per heavy atom. The predicted molar refractivity (Wildman–Crippen MR) is 61.6 cm³/mol. The predicted octanol–water partition coefficient (Wildman–Crippen LogP) is 1.50. The van der Waals surface area contributed by atoms with Crippen LogP contribution in [0.15, 0.2) is 18.2 Å². The number of amides is 1. The van der Waals surface area contributed by atoms with Gasteiger partial charge in [-0.1, -0.05) is 6.07 Å². The number of rotatable bonds is 2. The normalized spacial score (nSPS) is 9.77. The van der Waals surface area contributed by atoms with Gasteiger partial charge in [-0.15, -0.1) is 0 Å². The van der Waals surface area contributed by atoms with Crippen LogP contribution in [0.1, 0.15) is 5.56 Å². The average Bonchev–Trinajstić information content (AvgIpc) is 2.13. The summed E-state index contributed by atoms with van der Waals surface area (Å²) in [6, 6.07) is 5.76. The van der Waals surface area contributed by atoms with Crippen molar-refractivity contribution >= 4 is 34.2 Å². The van der Waals surface area contributed by atoms with Gasteiger partial charge in [0.1, 0.15) is 0 Å². The molecule has 4 heteroatoms. The number of benzene rings is 1. The summed E-state index contributed by atoms with van der Waals surface area (Å²) in [5, 5.41) is 2.73. The summed E-state index contributed by atoms with van der Waals surface area (Å²) in [5.41, 5.74) is 7.10. The van der Waals surface area contributed by atoms with Gasteiger partial charge in [0.2, 0.25) is 5.91 Å². The van der Waals surface area contributed by atoms with E-state index in [2.05, 4.69) is 27.9 Å². The Balaban J connectivity index is 2.89. The lowest BCUT2D eigenvalue weighted by Gasteiger charge is -2.08. The molecule has 3 N–H and O–H groups in total. The van der Waals surface area contributed by atoms with Gasteiger partial charge >= 0.3 is 0 Å². The molecule has 0 aliphatic carbocycles. The highest BCUT2D eigenvalue weighted by atomic mass is 127. The number of halogens is 1. The topological polar surface area (TPSA) is 55.1 Å². The standard InChI is InChI=1S/C9H11IN2O/c1-6-7(10)3-2-4-8(6)12-9(13)5-11/h2-4H,5,11H2,1H3,(H,12,13). The van der Waals surface area contributed by atoms with Crippen molar-refractivity contribution in [3.8, 4) is 0 Å². The Bertz CT molecular complexity index is 325. The number of hydrogen-bond donors (Lipinski definition) is 2.